The number of halogens is 2. The second kappa shape index (κ2) is 7.81. The van der Waals surface area contributed by atoms with Crippen LogP contribution in [-0.2, 0) is 0 Å². The summed E-state index contributed by atoms with van der Waals surface area (Å²) in [6.45, 7) is 4.39. The molecule has 28 heavy (non-hydrogen) atoms. The van der Waals surface area contributed by atoms with E-state index in [9.17, 15) is 4.79 Å². The highest BCUT2D eigenvalue weighted by Gasteiger charge is 2.32. The molecule has 0 radical (unpaired) electrons. The fourth-order valence-electron chi connectivity index (χ4n) is 3.41. The van der Waals surface area contributed by atoms with Crippen molar-refractivity contribution in [3.05, 3.63) is 64.0 Å². The Labute approximate surface area is 172 Å². The van der Waals surface area contributed by atoms with Gasteiger partial charge in [0.15, 0.2) is 0 Å². The monoisotopic (exact) mass is 417 g/mol. The van der Waals surface area contributed by atoms with Crippen molar-refractivity contribution in [1.82, 2.24) is 10.1 Å². The first-order valence-electron chi connectivity index (χ1n) is 8.98. The zero-order valence-electron chi connectivity index (χ0n) is 15.3. The van der Waals surface area contributed by atoms with Gasteiger partial charge in [-0.1, -0.05) is 40.5 Å². The van der Waals surface area contributed by atoms with E-state index in [2.05, 4.69) is 15.0 Å². The minimum absolute atomic E-state index is 0.124. The third-order valence-electron chi connectivity index (χ3n) is 4.88. The average Bonchev–Trinajstić information content (AvgIpc) is 3.09. The van der Waals surface area contributed by atoms with E-state index in [1.807, 2.05) is 29.3 Å². The first-order chi connectivity index (χ1) is 13.6. The summed E-state index contributed by atoms with van der Waals surface area (Å²) >= 11 is 12.6. The minimum Gasteiger partial charge on any atom is -0.360 e. The molecule has 0 unspecified atom stereocenters. The lowest BCUT2D eigenvalue weighted by molar-refractivity contribution is -0.364. The van der Waals surface area contributed by atoms with Crippen LogP contribution in [0.15, 0.2) is 47.1 Å². The highest BCUT2D eigenvalue weighted by Crippen LogP contribution is 2.37. The number of aryl methyl sites for hydroxylation is 1. The van der Waals surface area contributed by atoms with Gasteiger partial charge in [0.25, 0.3) is 11.7 Å². The Morgan fingerprint density at radius 2 is 1.79 bits per heavy atom. The van der Waals surface area contributed by atoms with Crippen LogP contribution in [0.4, 0.5) is 5.82 Å². The normalized spacial score (nSPS) is 14.4. The number of aromatic nitrogens is 2. The molecule has 1 aliphatic rings. The summed E-state index contributed by atoms with van der Waals surface area (Å²) in [6, 6.07) is 11.1. The van der Waals surface area contributed by atoms with Gasteiger partial charge in [-0.15, -0.1) is 0 Å². The Hall–Kier alpha value is -2.57. The van der Waals surface area contributed by atoms with Gasteiger partial charge < -0.3 is 9.42 Å². The maximum Gasteiger partial charge on any atom is 0.274 e. The summed E-state index contributed by atoms with van der Waals surface area (Å²) in [7, 11) is 0. The predicted octanol–water partition coefficient (Wildman–Crippen LogP) is 3.73. The van der Waals surface area contributed by atoms with Gasteiger partial charge in [0.1, 0.15) is 30.1 Å². The van der Waals surface area contributed by atoms with Crippen LogP contribution in [0.5, 0.6) is 0 Å². The largest absolute Gasteiger partial charge is 0.360 e. The van der Waals surface area contributed by atoms with Crippen LogP contribution in [0.2, 0.25) is 10.0 Å². The van der Waals surface area contributed by atoms with Crippen molar-refractivity contribution in [3.63, 3.8) is 0 Å². The molecular formula is C20H19Cl2N4O2+. The lowest BCUT2D eigenvalue weighted by Gasteiger charge is -2.31. The first-order valence-corrected chi connectivity index (χ1v) is 9.73. The maximum atomic E-state index is 13.3. The van der Waals surface area contributed by atoms with E-state index in [0.717, 1.165) is 18.9 Å². The number of benzene rings is 1. The van der Waals surface area contributed by atoms with Crippen molar-refractivity contribution in [2.45, 2.75) is 6.92 Å². The van der Waals surface area contributed by atoms with Crippen LogP contribution >= 0.6 is 23.2 Å². The molecule has 1 saturated heterocycles. The highest BCUT2D eigenvalue weighted by atomic mass is 35.5. The highest BCUT2D eigenvalue weighted by molar-refractivity contribution is 6.39. The zero-order chi connectivity index (χ0) is 19.7. The van der Waals surface area contributed by atoms with Crippen molar-refractivity contribution in [2.24, 2.45) is 0 Å². The number of nitrogens with one attached hydrogen (secondary N) is 1. The molecule has 3 aromatic rings. The van der Waals surface area contributed by atoms with Gasteiger partial charge in [-0.25, -0.2) is 4.98 Å². The Morgan fingerprint density at radius 3 is 2.43 bits per heavy atom. The number of hydrogen-bond donors (Lipinski definition) is 0. The lowest BCUT2D eigenvalue weighted by atomic mass is 10.0. The first kappa shape index (κ1) is 18.8. The number of anilines is 1. The lowest BCUT2D eigenvalue weighted by Crippen LogP contribution is -2.50. The topological polar surface area (TPSA) is 63.7 Å². The third-order valence-corrected chi connectivity index (χ3v) is 5.51. The smallest absolute Gasteiger partial charge is 0.274 e. The predicted molar refractivity (Wildman–Crippen MR) is 108 cm³/mol. The van der Waals surface area contributed by atoms with Crippen LogP contribution in [0.1, 0.15) is 16.1 Å². The van der Waals surface area contributed by atoms with Gasteiger partial charge in [-0.05, 0) is 25.1 Å². The van der Waals surface area contributed by atoms with Crippen LogP contribution in [0, 0.1) is 6.92 Å². The molecule has 6 nitrogen and oxygen atoms in total. The van der Waals surface area contributed by atoms with Gasteiger partial charge in [-0.3, -0.25) is 9.69 Å². The van der Waals surface area contributed by atoms with E-state index in [4.69, 9.17) is 27.7 Å². The summed E-state index contributed by atoms with van der Waals surface area (Å²) in [5.41, 5.74) is 1.32. The fraction of sp³-hybridized carbons (Fsp3) is 0.250. The molecule has 3 heterocycles. The Kier molecular flexibility index (Phi) is 5.24. The van der Waals surface area contributed by atoms with E-state index in [1.54, 1.807) is 25.1 Å². The third kappa shape index (κ3) is 3.45. The molecule has 1 N–H and O–H groups in total. The summed E-state index contributed by atoms with van der Waals surface area (Å²) in [5.74, 6) is 1.37. The summed E-state index contributed by atoms with van der Waals surface area (Å²) in [6.07, 6.45) is 1.90. The van der Waals surface area contributed by atoms with Crippen molar-refractivity contribution in [3.8, 4) is 11.3 Å². The van der Waals surface area contributed by atoms with Gasteiger partial charge >= 0.3 is 0 Å². The summed E-state index contributed by atoms with van der Waals surface area (Å²) in [4.78, 5) is 20.5. The van der Waals surface area contributed by atoms with Crippen molar-refractivity contribution >= 4 is 34.9 Å². The SMILES string of the molecule is Cc1onc(-c2c(Cl)cccc2Cl)c1C(=O)N1CCN(c2cccc[nH+]2)CC1. The van der Waals surface area contributed by atoms with E-state index in [0.29, 0.717) is 45.7 Å². The van der Waals surface area contributed by atoms with Gasteiger partial charge in [0.2, 0.25) is 0 Å². The Bertz CT molecular complexity index is 978. The number of pyridine rings is 1. The number of nitrogens with zero attached hydrogens (tertiary/aromatic N) is 3. The number of piperazine rings is 1. The number of aromatic amines is 1. The number of carbonyl (C=O) groups is 1. The molecule has 1 fully saturated rings. The van der Waals surface area contributed by atoms with Crippen molar-refractivity contribution in [2.75, 3.05) is 31.1 Å². The van der Waals surface area contributed by atoms with Gasteiger partial charge in [-0.2, -0.15) is 0 Å². The molecule has 0 atom stereocenters. The fourth-order valence-corrected chi connectivity index (χ4v) is 3.98. The maximum absolute atomic E-state index is 13.3. The molecular weight excluding hydrogens is 399 g/mol. The number of rotatable bonds is 3. The van der Waals surface area contributed by atoms with Crippen LogP contribution in [0.25, 0.3) is 11.3 Å². The Morgan fingerprint density at radius 1 is 1.07 bits per heavy atom. The van der Waals surface area contributed by atoms with E-state index in [1.165, 1.54) is 0 Å². The zero-order valence-corrected chi connectivity index (χ0v) is 16.8. The quantitative estimate of drug-likeness (QED) is 0.650. The molecule has 1 aliphatic heterocycles. The van der Waals surface area contributed by atoms with Crippen LogP contribution < -0.4 is 9.88 Å². The second-order valence-corrected chi connectivity index (χ2v) is 7.40. The molecule has 1 amide bonds. The number of hydrogen-bond acceptors (Lipinski definition) is 4. The standard InChI is InChI=1S/C20H18Cl2N4O2/c1-13-17(19(24-28-13)18-14(21)5-4-6-15(18)22)20(27)26-11-9-25(10-12-26)16-7-2-3-8-23-16/h2-8H,9-12H2,1H3/p+1. The summed E-state index contributed by atoms with van der Waals surface area (Å²) < 4.78 is 5.33. The van der Waals surface area contributed by atoms with Crippen LogP contribution in [-0.4, -0.2) is 42.1 Å². The van der Waals surface area contributed by atoms with Gasteiger partial charge in [0.05, 0.1) is 29.3 Å². The van der Waals surface area contributed by atoms with E-state index < -0.39 is 0 Å². The Balaban J connectivity index is 1.58. The van der Waals surface area contributed by atoms with E-state index in [-0.39, 0.29) is 5.91 Å². The summed E-state index contributed by atoms with van der Waals surface area (Å²) in [5, 5.41) is 4.94. The molecule has 0 bridgehead atoms. The van der Waals surface area contributed by atoms with Crippen molar-refractivity contribution < 1.29 is 14.3 Å². The molecule has 4 rings (SSSR count). The molecule has 0 saturated carbocycles. The molecule has 144 valence electrons. The van der Waals surface area contributed by atoms with E-state index >= 15 is 0 Å². The van der Waals surface area contributed by atoms with Crippen molar-refractivity contribution in [1.29, 1.82) is 0 Å². The average molecular weight is 418 g/mol. The second-order valence-electron chi connectivity index (χ2n) is 6.59. The molecule has 8 heteroatoms. The molecule has 0 spiro atoms. The number of carbonyl (C=O) groups excluding carboxylic acids is 1. The molecule has 0 aliphatic carbocycles. The minimum atomic E-state index is -0.124. The number of amides is 1. The van der Waals surface area contributed by atoms with Gasteiger partial charge in [0, 0.05) is 11.6 Å². The molecule has 1 aromatic carbocycles. The molecule has 2 aromatic heterocycles. The van der Waals surface area contributed by atoms with Crippen LogP contribution in [0.3, 0.4) is 0 Å². The number of H-pyrrole nitrogens is 1.